The predicted octanol–water partition coefficient (Wildman–Crippen LogP) is 3.63. The number of benzene rings is 1. The van der Waals surface area contributed by atoms with E-state index in [1.807, 2.05) is 6.07 Å². The van der Waals surface area contributed by atoms with E-state index in [2.05, 4.69) is 35.0 Å². The van der Waals surface area contributed by atoms with Crippen molar-refractivity contribution in [1.29, 1.82) is 0 Å². The fourth-order valence-electron chi connectivity index (χ4n) is 3.64. The first-order valence-corrected chi connectivity index (χ1v) is 9.66. The highest BCUT2D eigenvalue weighted by atomic mass is 32.1. The van der Waals surface area contributed by atoms with E-state index in [4.69, 9.17) is 14.5 Å². The Hall–Kier alpha value is -1.27. The Morgan fingerprint density at radius 3 is 2.83 bits per heavy atom. The summed E-state index contributed by atoms with van der Waals surface area (Å²) < 4.78 is 11.6. The second-order valence-electron chi connectivity index (χ2n) is 6.72. The maximum Gasteiger partial charge on any atom is 0.123 e. The van der Waals surface area contributed by atoms with Crippen LogP contribution in [-0.2, 0) is 16.0 Å². The van der Waals surface area contributed by atoms with Gasteiger partial charge in [0.15, 0.2) is 0 Å². The van der Waals surface area contributed by atoms with Gasteiger partial charge in [-0.05, 0) is 25.7 Å². The monoisotopic (exact) mass is 344 g/mol. The van der Waals surface area contributed by atoms with Gasteiger partial charge >= 0.3 is 0 Å². The van der Waals surface area contributed by atoms with E-state index in [1.165, 1.54) is 5.56 Å². The number of nitrogens with one attached hydrogen (secondary N) is 1. The van der Waals surface area contributed by atoms with Crippen LogP contribution >= 0.6 is 11.3 Å². The minimum atomic E-state index is 0.0471. The summed E-state index contributed by atoms with van der Waals surface area (Å²) in [4.78, 5) is 4.77. The largest absolute Gasteiger partial charge is 0.381 e. The summed E-state index contributed by atoms with van der Waals surface area (Å²) in [5, 5.41) is 6.96. The van der Waals surface area contributed by atoms with Gasteiger partial charge in [0.1, 0.15) is 5.01 Å². The molecular weight excluding hydrogens is 320 g/mol. The highest BCUT2D eigenvalue weighted by molar-refractivity contribution is 7.13. The summed E-state index contributed by atoms with van der Waals surface area (Å²) in [7, 11) is 0. The lowest BCUT2D eigenvalue weighted by molar-refractivity contribution is -0.140. The number of thiazole rings is 1. The molecule has 5 heteroatoms. The van der Waals surface area contributed by atoms with Crippen molar-refractivity contribution in [2.75, 3.05) is 19.8 Å². The molecule has 4 rings (SSSR count). The Kier molecular flexibility index (Phi) is 4.94. The van der Waals surface area contributed by atoms with Gasteiger partial charge in [-0.3, -0.25) is 0 Å². The van der Waals surface area contributed by atoms with Gasteiger partial charge in [0.25, 0.3) is 0 Å². The maximum atomic E-state index is 6.12. The van der Waals surface area contributed by atoms with Gasteiger partial charge in [0.2, 0.25) is 0 Å². The zero-order chi connectivity index (χ0) is 16.2. The van der Waals surface area contributed by atoms with Gasteiger partial charge in [-0.1, -0.05) is 30.3 Å². The Bertz CT molecular complexity index is 647. The Balaban J connectivity index is 1.34. The molecule has 2 aliphatic rings. The first-order valence-electron chi connectivity index (χ1n) is 8.78. The first-order chi connectivity index (χ1) is 11.8. The molecule has 0 unspecified atom stereocenters. The van der Waals surface area contributed by atoms with E-state index >= 15 is 0 Å². The van der Waals surface area contributed by atoms with E-state index < -0.39 is 0 Å². The van der Waals surface area contributed by atoms with Gasteiger partial charge in [0.05, 0.1) is 11.3 Å². The van der Waals surface area contributed by atoms with Crippen LogP contribution in [0.25, 0.3) is 10.6 Å². The summed E-state index contributed by atoms with van der Waals surface area (Å²) in [5.74, 6) is 0. The van der Waals surface area contributed by atoms with Crippen LogP contribution in [-0.4, -0.2) is 36.4 Å². The van der Waals surface area contributed by atoms with Crippen molar-refractivity contribution in [2.24, 2.45) is 0 Å². The molecule has 3 heterocycles. The van der Waals surface area contributed by atoms with Crippen molar-refractivity contribution < 1.29 is 9.47 Å². The summed E-state index contributed by atoms with van der Waals surface area (Å²) in [5.41, 5.74) is 2.37. The minimum absolute atomic E-state index is 0.0471. The van der Waals surface area contributed by atoms with E-state index in [1.54, 1.807) is 11.3 Å². The molecule has 128 valence electrons. The minimum Gasteiger partial charge on any atom is -0.381 e. The molecule has 0 bridgehead atoms. The molecule has 2 aliphatic heterocycles. The van der Waals surface area contributed by atoms with Crippen molar-refractivity contribution in [3.63, 3.8) is 0 Å². The molecule has 1 aromatic heterocycles. The van der Waals surface area contributed by atoms with E-state index in [-0.39, 0.29) is 5.60 Å². The molecule has 2 saturated heterocycles. The molecule has 2 fully saturated rings. The van der Waals surface area contributed by atoms with Gasteiger partial charge < -0.3 is 14.8 Å². The number of nitrogens with zero attached hydrogens (tertiary/aromatic N) is 1. The smallest absolute Gasteiger partial charge is 0.123 e. The SMILES string of the molecule is c1ccc(-c2nc(CN[C@@H]3CCOC4(CCOCC4)C3)cs2)cc1. The van der Waals surface area contributed by atoms with Gasteiger partial charge in [-0.15, -0.1) is 11.3 Å². The molecule has 1 aromatic carbocycles. The molecule has 4 nitrogen and oxygen atoms in total. The van der Waals surface area contributed by atoms with Crippen molar-refractivity contribution in [3.8, 4) is 10.6 Å². The normalized spacial score (nSPS) is 23.4. The lowest BCUT2D eigenvalue weighted by Gasteiger charge is -2.43. The molecule has 0 saturated carbocycles. The lowest BCUT2D eigenvalue weighted by Crippen LogP contribution is -2.49. The average molecular weight is 344 g/mol. The van der Waals surface area contributed by atoms with Gasteiger partial charge in [-0.2, -0.15) is 0 Å². The predicted molar refractivity (Wildman–Crippen MR) is 96.1 cm³/mol. The van der Waals surface area contributed by atoms with Crippen LogP contribution in [0.3, 0.4) is 0 Å². The maximum absolute atomic E-state index is 6.12. The van der Waals surface area contributed by atoms with Crippen LogP contribution in [0.4, 0.5) is 0 Å². The second kappa shape index (κ2) is 7.31. The Morgan fingerprint density at radius 1 is 1.17 bits per heavy atom. The van der Waals surface area contributed by atoms with Crippen molar-refractivity contribution in [2.45, 2.75) is 43.9 Å². The molecule has 0 aliphatic carbocycles. The third-order valence-electron chi connectivity index (χ3n) is 5.04. The van der Waals surface area contributed by atoms with Crippen molar-refractivity contribution in [1.82, 2.24) is 10.3 Å². The van der Waals surface area contributed by atoms with Crippen LogP contribution in [0.5, 0.6) is 0 Å². The fraction of sp³-hybridized carbons (Fsp3) is 0.526. The zero-order valence-corrected chi connectivity index (χ0v) is 14.7. The summed E-state index contributed by atoms with van der Waals surface area (Å²) in [6, 6.07) is 10.9. The van der Waals surface area contributed by atoms with E-state index in [0.717, 1.165) is 62.8 Å². The fourth-order valence-corrected chi connectivity index (χ4v) is 4.47. The Morgan fingerprint density at radius 2 is 2.00 bits per heavy atom. The molecule has 0 amide bonds. The molecule has 1 N–H and O–H groups in total. The number of hydrogen-bond acceptors (Lipinski definition) is 5. The van der Waals surface area contributed by atoms with Crippen LogP contribution in [0, 0.1) is 0 Å². The van der Waals surface area contributed by atoms with Crippen molar-refractivity contribution >= 4 is 11.3 Å². The molecule has 1 spiro atoms. The standard InChI is InChI=1S/C19H24N2O2S/c1-2-4-15(5-3-1)18-21-17(14-24-18)13-20-16-6-9-23-19(12-16)7-10-22-11-8-19/h1-5,14,16,20H,6-13H2/t16-/m1/s1. The van der Waals surface area contributed by atoms with Gasteiger partial charge in [0, 0.05) is 43.4 Å². The number of ether oxygens (including phenoxy) is 2. The number of aromatic nitrogens is 1. The summed E-state index contributed by atoms with van der Waals surface area (Å²) in [6.07, 6.45) is 4.23. The number of rotatable bonds is 4. The molecule has 1 atom stereocenters. The quantitative estimate of drug-likeness (QED) is 0.920. The summed E-state index contributed by atoms with van der Waals surface area (Å²) >= 11 is 1.72. The molecule has 24 heavy (non-hydrogen) atoms. The first kappa shape index (κ1) is 16.2. The lowest BCUT2D eigenvalue weighted by atomic mass is 9.84. The van der Waals surface area contributed by atoms with E-state index in [9.17, 15) is 0 Å². The van der Waals surface area contributed by atoms with Crippen LogP contribution in [0.15, 0.2) is 35.7 Å². The molecule has 0 radical (unpaired) electrons. The average Bonchev–Trinajstić information content (AvgIpc) is 3.11. The highest BCUT2D eigenvalue weighted by Gasteiger charge is 2.38. The van der Waals surface area contributed by atoms with Crippen molar-refractivity contribution in [3.05, 3.63) is 41.4 Å². The second-order valence-corrected chi connectivity index (χ2v) is 7.58. The Labute approximate surface area is 147 Å². The van der Waals surface area contributed by atoms with Gasteiger partial charge in [-0.25, -0.2) is 4.98 Å². The third-order valence-corrected chi connectivity index (χ3v) is 5.98. The van der Waals surface area contributed by atoms with E-state index in [0.29, 0.717) is 6.04 Å². The third kappa shape index (κ3) is 3.70. The molecular formula is C19H24N2O2S. The van der Waals surface area contributed by atoms with Crippen LogP contribution in [0.2, 0.25) is 0 Å². The molecule has 2 aromatic rings. The van der Waals surface area contributed by atoms with Crippen LogP contribution in [0.1, 0.15) is 31.4 Å². The zero-order valence-electron chi connectivity index (χ0n) is 13.9. The highest BCUT2D eigenvalue weighted by Crippen LogP contribution is 2.34. The topological polar surface area (TPSA) is 43.4 Å². The summed E-state index contributed by atoms with van der Waals surface area (Å²) in [6.45, 7) is 3.35. The number of hydrogen-bond donors (Lipinski definition) is 1. The van der Waals surface area contributed by atoms with Crippen LogP contribution < -0.4 is 5.32 Å².